The molecule has 2 aromatic heterocycles. The first-order chi connectivity index (χ1) is 11.1. The molecule has 1 saturated heterocycles. The molecular formula is C18H27N3OS. The van der Waals surface area contributed by atoms with Gasteiger partial charge in [0, 0.05) is 30.6 Å². The van der Waals surface area contributed by atoms with Gasteiger partial charge in [-0.05, 0) is 45.3 Å². The Bertz CT molecular complexity index is 682. The number of aromatic amines is 1. The summed E-state index contributed by atoms with van der Waals surface area (Å²) < 4.78 is 1.21. The molecule has 0 radical (unpaired) electrons. The molecule has 126 valence electrons. The molecule has 1 fully saturated rings. The topological polar surface area (TPSA) is 39.3 Å². The van der Waals surface area contributed by atoms with Crippen LogP contribution in [-0.2, 0) is 6.54 Å². The van der Waals surface area contributed by atoms with E-state index in [2.05, 4.69) is 23.7 Å². The van der Waals surface area contributed by atoms with Crippen LogP contribution in [0.15, 0.2) is 6.07 Å². The third kappa shape index (κ3) is 3.45. The average Bonchev–Trinajstić information content (AvgIpc) is 3.07. The van der Waals surface area contributed by atoms with E-state index in [9.17, 15) is 4.79 Å². The number of nitrogens with one attached hydrogen (secondary N) is 1. The molecule has 1 N–H and O–H groups in total. The molecule has 3 rings (SSSR count). The molecule has 0 atom stereocenters. The molecule has 0 aromatic carbocycles. The molecule has 2 aromatic rings. The number of thiophene rings is 1. The number of likely N-dealkylation sites (tertiary alicyclic amines) is 1. The Morgan fingerprint density at radius 3 is 2.78 bits per heavy atom. The maximum atomic E-state index is 12.5. The summed E-state index contributed by atoms with van der Waals surface area (Å²) >= 11 is 1.80. The van der Waals surface area contributed by atoms with Crippen LogP contribution in [0, 0.1) is 6.92 Å². The number of H-pyrrole nitrogens is 1. The van der Waals surface area contributed by atoms with Gasteiger partial charge in [-0.25, -0.2) is 0 Å². The van der Waals surface area contributed by atoms with E-state index in [1.807, 2.05) is 13.1 Å². The van der Waals surface area contributed by atoms with E-state index in [4.69, 9.17) is 0 Å². The lowest BCUT2D eigenvalue weighted by atomic mass is 10.1. The van der Waals surface area contributed by atoms with E-state index >= 15 is 0 Å². The van der Waals surface area contributed by atoms with Gasteiger partial charge in [0.1, 0.15) is 5.69 Å². The second-order valence-corrected chi connectivity index (χ2v) is 7.88. The molecule has 3 heterocycles. The molecular weight excluding hydrogens is 306 g/mol. The van der Waals surface area contributed by atoms with Crippen LogP contribution in [0.2, 0.25) is 0 Å². The van der Waals surface area contributed by atoms with Crippen molar-refractivity contribution in [1.82, 2.24) is 14.8 Å². The van der Waals surface area contributed by atoms with Gasteiger partial charge >= 0.3 is 0 Å². The fourth-order valence-electron chi connectivity index (χ4n) is 3.43. The van der Waals surface area contributed by atoms with E-state index in [1.165, 1.54) is 53.0 Å². The number of hydrogen-bond donors (Lipinski definition) is 1. The Hall–Kier alpha value is -1.33. The second kappa shape index (κ2) is 7.05. The van der Waals surface area contributed by atoms with Crippen LogP contribution in [0.1, 0.15) is 53.5 Å². The van der Waals surface area contributed by atoms with Crippen molar-refractivity contribution in [3.05, 3.63) is 22.2 Å². The molecule has 0 spiro atoms. The Morgan fingerprint density at radius 1 is 1.35 bits per heavy atom. The maximum Gasteiger partial charge on any atom is 0.270 e. The van der Waals surface area contributed by atoms with Crippen molar-refractivity contribution in [2.45, 2.75) is 46.1 Å². The maximum absolute atomic E-state index is 12.5. The van der Waals surface area contributed by atoms with Crippen LogP contribution in [0.25, 0.3) is 10.2 Å². The Morgan fingerprint density at radius 2 is 2.09 bits per heavy atom. The summed E-state index contributed by atoms with van der Waals surface area (Å²) in [5, 5.41) is 0. The van der Waals surface area contributed by atoms with Gasteiger partial charge in [-0.3, -0.25) is 9.69 Å². The third-order valence-corrected chi connectivity index (χ3v) is 5.83. The highest BCUT2D eigenvalue weighted by Gasteiger charge is 2.20. The zero-order valence-corrected chi connectivity index (χ0v) is 15.3. The standard InChI is InChI=1S/C18H27N3OS/c1-4-8-20(3)18(22)15-11-16-17(19-15)14(13(2)23-16)12-21-9-6-5-7-10-21/h11,19H,4-10,12H2,1-3H3. The molecule has 4 nitrogen and oxygen atoms in total. The van der Waals surface area contributed by atoms with Gasteiger partial charge in [0.25, 0.3) is 5.91 Å². The lowest BCUT2D eigenvalue weighted by Gasteiger charge is -2.26. The minimum Gasteiger partial charge on any atom is -0.350 e. The van der Waals surface area contributed by atoms with E-state index in [1.54, 1.807) is 16.2 Å². The van der Waals surface area contributed by atoms with Crippen molar-refractivity contribution < 1.29 is 4.79 Å². The number of rotatable bonds is 5. The first kappa shape index (κ1) is 16.5. The summed E-state index contributed by atoms with van der Waals surface area (Å²) in [7, 11) is 1.88. The predicted octanol–water partition coefficient (Wildman–Crippen LogP) is 4.01. The number of amides is 1. The van der Waals surface area contributed by atoms with Crippen molar-refractivity contribution in [3.8, 4) is 0 Å². The first-order valence-electron chi connectivity index (χ1n) is 8.69. The molecule has 5 heteroatoms. The Balaban J connectivity index is 1.84. The van der Waals surface area contributed by atoms with Crippen LogP contribution < -0.4 is 0 Å². The number of aryl methyl sites for hydroxylation is 1. The summed E-state index contributed by atoms with van der Waals surface area (Å²) in [5.41, 5.74) is 3.28. The Kier molecular flexibility index (Phi) is 5.07. The van der Waals surface area contributed by atoms with Crippen molar-refractivity contribution in [2.24, 2.45) is 0 Å². The van der Waals surface area contributed by atoms with Crippen molar-refractivity contribution in [2.75, 3.05) is 26.7 Å². The van der Waals surface area contributed by atoms with Gasteiger partial charge < -0.3 is 9.88 Å². The monoisotopic (exact) mass is 333 g/mol. The van der Waals surface area contributed by atoms with E-state index in [0.717, 1.165) is 25.2 Å². The largest absolute Gasteiger partial charge is 0.350 e. The number of piperidine rings is 1. The fourth-order valence-corrected chi connectivity index (χ4v) is 4.50. The number of fused-ring (bicyclic) bond motifs is 1. The highest BCUT2D eigenvalue weighted by Crippen LogP contribution is 2.32. The zero-order chi connectivity index (χ0) is 16.4. The van der Waals surface area contributed by atoms with Crippen molar-refractivity contribution in [3.63, 3.8) is 0 Å². The lowest BCUT2D eigenvalue weighted by molar-refractivity contribution is 0.0790. The van der Waals surface area contributed by atoms with Gasteiger partial charge in [-0.2, -0.15) is 0 Å². The molecule has 23 heavy (non-hydrogen) atoms. The van der Waals surface area contributed by atoms with Crippen LogP contribution in [0.5, 0.6) is 0 Å². The van der Waals surface area contributed by atoms with E-state index < -0.39 is 0 Å². The van der Waals surface area contributed by atoms with Gasteiger partial charge in [-0.1, -0.05) is 13.3 Å². The van der Waals surface area contributed by atoms with Crippen LogP contribution >= 0.6 is 11.3 Å². The quantitative estimate of drug-likeness (QED) is 0.898. The summed E-state index contributed by atoms with van der Waals surface area (Å²) in [6.07, 6.45) is 4.96. The fraction of sp³-hybridized carbons (Fsp3) is 0.611. The number of nitrogens with zero attached hydrogens (tertiary/aromatic N) is 2. The zero-order valence-electron chi connectivity index (χ0n) is 14.4. The summed E-state index contributed by atoms with van der Waals surface area (Å²) in [5.74, 6) is 0.0943. The number of carbonyl (C=O) groups is 1. The number of carbonyl (C=O) groups excluding carboxylic acids is 1. The van der Waals surface area contributed by atoms with Gasteiger partial charge in [0.05, 0.1) is 10.2 Å². The second-order valence-electron chi connectivity index (χ2n) is 6.62. The lowest BCUT2D eigenvalue weighted by Crippen LogP contribution is -2.29. The third-order valence-electron chi connectivity index (χ3n) is 4.74. The summed E-state index contributed by atoms with van der Waals surface area (Å²) in [6, 6.07) is 2.03. The molecule has 1 amide bonds. The van der Waals surface area contributed by atoms with Crippen LogP contribution in [0.3, 0.4) is 0 Å². The van der Waals surface area contributed by atoms with Gasteiger partial charge in [0.2, 0.25) is 0 Å². The smallest absolute Gasteiger partial charge is 0.270 e. The minimum absolute atomic E-state index is 0.0943. The minimum atomic E-state index is 0.0943. The highest BCUT2D eigenvalue weighted by atomic mass is 32.1. The molecule has 0 bridgehead atoms. The van der Waals surface area contributed by atoms with Crippen LogP contribution in [0.4, 0.5) is 0 Å². The van der Waals surface area contributed by atoms with Gasteiger partial charge in [0.15, 0.2) is 0 Å². The average molecular weight is 334 g/mol. The molecule has 0 unspecified atom stereocenters. The summed E-state index contributed by atoms with van der Waals surface area (Å²) in [6.45, 7) is 8.49. The van der Waals surface area contributed by atoms with Gasteiger partial charge in [-0.15, -0.1) is 11.3 Å². The molecule has 1 aliphatic rings. The Labute approximate surface area is 142 Å². The summed E-state index contributed by atoms with van der Waals surface area (Å²) in [4.78, 5) is 21.6. The van der Waals surface area contributed by atoms with E-state index in [-0.39, 0.29) is 5.91 Å². The highest BCUT2D eigenvalue weighted by molar-refractivity contribution is 7.19. The first-order valence-corrected chi connectivity index (χ1v) is 9.50. The number of aromatic nitrogens is 1. The van der Waals surface area contributed by atoms with Crippen LogP contribution in [-0.4, -0.2) is 47.4 Å². The molecule has 0 saturated carbocycles. The van der Waals surface area contributed by atoms with Crippen molar-refractivity contribution >= 4 is 27.5 Å². The number of hydrogen-bond acceptors (Lipinski definition) is 3. The van der Waals surface area contributed by atoms with Crippen molar-refractivity contribution in [1.29, 1.82) is 0 Å². The van der Waals surface area contributed by atoms with E-state index in [0.29, 0.717) is 0 Å². The molecule has 0 aliphatic carbocycles. The normalized spacial score (nSPS) is 16.1. The predicted molar refractivity (Wildman–Crippen MR) is 97.3 cm³/mol. The molecule has 1 aliphatic heterocycles. The SMILES string of the molecule is CCCN(C)C(=O)c1cc2sc(C)c(CN3CCCCC3)c2[nH]1.